The van der Waals surface area contributed by atoms with Gasteiger partial charge in [-0.25, -0.2) is 4.79 Å². The zero-order chi connectivity index (χ0) is 15.1. The van der Waals surface area contributed by atoms with Crippen LogP contribution in [0.5, 0.6) is 5.75 Å². The predicted octanol–water partition coefficient (Wildman–Crippen LogP) is 2.99. The Morgan fingerprint density at radius 3 is 2.70 bits per heavy atom. The Labute approximate surface area is 127 Å². The maximum atomic E-state index is 11.9. The van der Waals surface area contributed by atoms with E-state index < -0.39 is 0 Å². The van der Waals surface area contributed by atoms with Gasteiger partial charge in [0.05, 0.1) is 11.6 Å². The summed E-state index contributed by atoms with van der Waals surface area (Å²) in [5.74, 6) is 0.908. The number of amides is 2. The monoisotopic (exact) mass is 344 g/mol. The normalized spacial score (nSPS) is 12.1. The highest BCUT2D eigenvalue weighted by Gasteiger charge is 2.15. The highest BCUT2D eigenvalue weighted by molar-refractivity contribution is 9.10. The molecule has 0 heterocycles. The Balaban J connectivity index is 2.65. The molecule has 0 fully saturated rings. The molecule has 0 aliphatic carbocycles. The average molecular weight is 345 g/mol. The van der Waals surface area contributed by atoms with Gasteiger partial charge in [-0.1, -0.05) is 13.8 Å². The Morgan fingerprint density at radius 2 is 2.15 bits per heavy atom. The van der Waals surface area contributed by atoms with E-state index >= 15 is 0 Å². The first-order valence-corrected chi connectivity index (χ1v) is 7.29. The fourth-order valence-electron chi connectivity index (χ4n) is 1.78. The molecule has 20 heavy (non-hydrogen) atoms. The van der Waals surface area contributed by atoms with E-state index in [1.165, 1.54) is 0 Å². The first-order chi connectivity index (χ1) is 9.47. The van der Waals surface area contributed by atoms with Gasteiger partial charge in [-0.3, -0.25) is 0 Å². The summed E-state index contributed by atoms with van der Waals surface area (Å²) in [6.45, 7) is 4.06. The third-order valence-corrected chi connectivity index (χ3v) is 3.63. The van der Waals surface area contributed by atoms with Crippen LogP contribution in [0, 0.1) is 5.92 Å². The van der Waals surface area contributed by atoms with Crippen molar-refractivity contribution in [1.82, 2.24) is 5.32 Å². The van der Waals surface area contributed by atoms with Gasteiger partial charge in [-0.2, -0.15) is 0 Å². The fraction of sp³-hybridized carbons (Fsp3) is 0.500. The minimum absolute atomic E-state index is 0.0508. The van der Waals surface area contributed by atoms with Crippen molar-refractivity contribution in [2.24, 2.45) is 5.92 Å². The van der Waals surface area contributed by atoms with Gasteiger partial charge in [-0.15, -0.1) is 0 Å². The maximum absolute atomic E-state index is 11.9. The van der Waals surface area contributed by atoms with Crippen LogP contribution in [-0.4, -0.2) is 30.9 Å². The summed E-state index contributed by atoms with van der Waals surface area (Å²) < 4.78 is 6.00. The number of hydrogen-bond acceptors (Lipinski definition) is 3. The number of anilines is 1. The van der Waals surface area contributed by atoms with Gasteiger partial charge < -0.3 is 20.5 Å². The molecule has 0 bridgehead atoms. The lowest BCUT2D eigenvalue weighted by molar-refractivity contribution is 0.227. The topological polar surface area (TPSA) is 70.6 Å². The van der Waals surface area contributed by atoms with Gasteiger partial charge in [0.25, 0.3) is 0 Å². The van der Waals surface area contributed by atoms with Crippen LogP contribution in [0.4, 0.5) is 10.5 Å². The summed E-state index contributed by atoms with van der Waals surface area (Å²) in [6.07, 6.45) is 0.536. The van der Waals surface area contributed by atoms with Crippen molar-refractivity contribution in [2.75, 3.05) is 19.0 Å². The third-order valence-electron chi connectivity index (χ3n) is 2.97. The molecule has 1 unspecified atom stereocenters. The molecule has 1 atom stereocenters. The molecule has 0 spiro atoms. The quantitative estimate of drug-likeness (QED) is 0.742. The number of carbonyl (C=O) groups excluding carboxylic acids is 1. The van der Waals surface area contributed by atoms with Crippen molar-refractivity contribution in [1.29, 1.82) is 0 Å². The minimum Gasteiger partial charge on any atom is -0.495 e. The highest BCUT2D eigenvalue weighted by Crippen LogP contribution is 2.27. The molecule has 0 aromatic heterocycles. The number of hydrogen-bond donors (Lipinski definition) is 3. The Kier molecular flexibility index (Phi) is 6.81. The second-order valence-electron chi connectivity index (χ2n) is 4.81. The van der Waals surface area contributed by atoms with Crippen LogP contribution in [0.1, 0.15) is 20.3 Å². The SMILES string of the molecule is COc1cc(NC(=O)NC(CCO)C(C)C)ccc1Br. The molecule has 5 nitrogen and oxygen atoms in total. The molecular weight excluding hydrogens is 324 g/mol. The molecule has 0 aliphatic heterocycles. The molecule has 3 N–H and O–H groups in total. The van der Waals surface area contributed by atoms with Crippen molar-refractivity contribution < 1.29 is 14.6 Å². The van der Waals surface area contributed by atoms with Gasteiger partial charge in [0, 0.05) is 24.4 Å². The number of methoxy groups -OCH3 is 1. The van der Waals surface area contributed by atoms with Crippen molar-refractivity contribution >= 4 is 27.6 Å². The van der Waals surface area contributed by atoms with Crippen molar-refractivity contribution in [3.8, 4) is 5.75 Å². The minimum atomic E-state index is -0.290. The smallest absolute Gasteiger partial charge is 0.319 e. The average Bonchev–Trinajstić information content (AvgIpc) is 2.40. The van der Waals surface area contributed by atoms with Crippen LogP contribution in [0.15, 0.2) is 22.7 Å². The van der Waals surface area contributed by atoms with Crippen LogP contribution in [0.3, 0.4) is 0 Å². The molecule has 0 aliphatic rings. The molecular formula is C14H21BrN2O3. The molecule has 1 rings (SSSR count). The van der Waals surface area contributed by atoms with Crippen molar-refractivity contribution in [3.05, 3.63) is 22.7 Å². The number of rotatable bonds is 6. The number of benzene rings is 1. The second-order valence-corrected chi connectivity index (χ2v) is 5.66. The van der Waals surface area contributed by atoms with Crippen LogP contribution in [0.25, 0.3) is 0 Å². The van der Waals surface area contributed by atoms with Crippen LogP contribution in [-0.2, 0) is 0 Å². The molecule has 0 saturated heterocycles. The Bertz CT molecular complexity index is 452. The number of carbonyl (C=O) groups is 1. The molecule has 1 aromatic carbocycles. The maximum Gasteiger partial charge on any atom is 0.319 e. The number of halogens is 1. The number of aliphatic hydroxyl groups is 1. The predicted molar refractivity (Wildman–Crippen MR) is 83.2 cm³/mol. The molecule has 0 radical (unpaired) electrons. The van der Waals surface area contributed by atoms with Gasteiger partial charge in [0.2, 0.25) is 0 Å². The summed E-state index contributed by atoms with van der Waals surface area (Å²) in [4.78, 5) is 11.9. The van der Waals surface area contributed by atoms with Gasteiger partial charge in [0.1, 0.15) is 5.75 Å². The fourth-order valence-corrected chi connectivity index (χ4v) is 2.19. The number of nitrogens with one attached hydrogen (secondary N) is 2. The summed E-state index contributed by atoms with van der Waals surface area (Å²) in [7, 11) is 1.57. The molecule has 0 saturated carbocycles. The van der Waals surface area contributed by atoms with Crippen LogP contribution >= 0.6 is 15.9 Å². The third kappa shape index (κ3) is 5.02. The first kappa shape index (κ1) is 16.8. The Hall–Kier alpha value is -1.27. The van der Waals surface area contributed by atoms with E-state index in [1.54, 1.807) is 19.2 Å². The zero-order valence-corrected chi connectivity index (χ0v) is 13.5. The number of urea groups is 1. The van der Waals surface area contributed by atoms with Gasteiger partial charge >= 0.3 is 6.03 Å². The molecule has 2 amide bonds. The van der Waals surface area contributed by atoms with E-state index in [0.717, 1.165) is 4.47 Å². The summed E-state index contributed by atoms with van der Waals surface area (Å²) in [5.41, 5.74) is 0.647. The van der Waals surface area contributed by atoms with E-state index in [2.05, 4.69) is 26.6 Å². The molecule has 1 aromatic rings. The van der Waals surface area contributed by atoms with Crippen LogP contribution < -0.4 is 15.4 Å². The number of ether oxygens (including phenoxy) is 1. The second kappa shape index (κ2) is 8.11. The first-order valence-electron chi connectivity index (χ1n) is 6.49. The van der Waals surface area contributed by atoms with E-state index in [1.807, 2.05) is 19.9 Å². The largest absolute Gasteiger partial charge is 0.495 e. The van der Waals surface area contributed by atoms with Gasteiger partial charge in [-0.05, 0) is 40.4 Å². The lowest BCUT2D eigenvalue weighted by Crippen LogP contribution is -2.41. The molecule has 112 valence electrons. The van der Waals surface area contributed by atoms with Gasteiger partial charge in [0.15, 0.2) is 0 Å². The number of aliphatic hydroxyl groups excluding tert-OH is 1. The van der Waals surface area contributed by atoms with Crippen molar-refractivity contribution in [3.63, 3.8) is 0 Å². The van der Waals surface area contributed by atoms with Crippen LogP contribution in [0.2, 0.25) is 0 Å². The summed E-state index contributed by atoms with van der Waals surface area (Å²) in [6, 6.07) is 4.98. The highest BCUT2D eigenvalue weighted by atomic mass is 79.9. The Morgan fingerprint density at radius 1 is 1.45 bits per heavy atom. The summed E-state index contributed by atoms with van der Waals surface area (Å²) in [5, 5.41) is 14.6. The van der Waals surface area contributed by atoms with E-state index in [4.69, 9.17) is 9.84 Å². The van der Waals surface area contributed by atoms with E-state index in [9.17, 15) is 4.79 Å². The lowest BCUT2D eigenvalue weighted by atomic mass is 10.0. The van der Waals surface area contributed by atoms with E-state index in [0.29, 0.717) is 17.9 Å². The standard InChI is InChI=1S/C14H21BrN2O3/c1-9(2)12(6-7-18)17-14(19)16-10-4-5-11(15)13(8-10)20-3/h4-5,8-9,12,18H,6-7H2,1-3H3,(H2,16,17,19). The zero-order valence-electron chi connectivity index (χ0n) is 11.9. The lowest BCUT2D eigenvalue weighted by Gasteiger charge is -2.21. The molecule has 6 heteroatoms. The van der Waals surface area contributed by atoms with Crippen molar-refractivity contribution in [2.45, 2.75) is 26.3 Å². The van der Waals surface area contributed by atoms with E-state index in [-0.39, 0.29) is 24.6 Å². The summed E-state index contributed by atoms with van der Waals surface area (Å²) >= 11 is 3.36.